The number of fused-ring (bicyclic) bond motifs is 3. The van der Waals surface area contributed by atoms with Gasteiger partial charge in [-0.2, -0.15) is 0 Å². The average molecular weight is 360 g/mol. The summed E-state index contributed by atoms with van der Waals surface area (Å²) in [5.41, 5.74) is 4.85. The van der Waals surface area contributed by atoms with Crippen molar-refractivity contribution in [2.45, 2.75) is 32.2 Å². The van der Waals surface area contributed by atoms with Gasteiger partial charge >= 0.3 is 0 Å². The summed E-state index contributed by atoms with van der Waals surface area (Å²) in [6, 6.07) is 14.3. The van der Waals surface area contributed by atoms with Crippen LogP contribution in [-0.2, 0) is 18.4 Å². The molecule has 5 rings (SSSR count). The number of rotatable bonds is 1. The van der Waals surface area contributed by atoms with Crippen LogP contribution in [0.15, 0.2) is 42.5 Å². The zero-order valence-corrected chi connectivity index (χ0v) is 16.1. The van der Waals surface area contributed by atoms with Gasteiger partial charge in [0.1, 0.15) is 17.8 Å². The van der Waals surface area contributed by atoms with Crippen LogP contribution in [0.3, 0.4) is 0 Å². The van der Waals surface area contributed by atoms with Gasteiger partial charge in [0, 0.05) is 30.6 Å². The van der Waals surface area contributed by atoms with E-state index in [9.17, 15) is 4.79 Å². The molecule has 0 spiro atoms. The van der Waals surface area contributed by atoms with Gasteiger partial charge in [-0.15, -0.1) is 0 Å². The van der Waals surface area contributed by atoms with Gasteiger partial charge in [-0.25, -0.2) is 0 Å². The molecule has 0 N–H and O–H groups in total. The summed E-state index contributed by atoms with van der Waals surface area (Å²) in [6.07, 6.45) is 0.885. The lowest BCUT2D eigenvalue weighted by Crippen LogP contribution is -2.41. The maximum Gasteiger partial charge on any atom is 0.245 e. The third-order valence-corrected chi connectivity index (χ3v) is 6.15. The van der Waals surface area contributed by atoms with Crippen molar-refractivity contribution in [3.63, 3.8) is 0 Å². The highest BCUT2D eigenvalue weighted by Crippen LogP contribution is 2.42. The second-order valence-corrected chi connectivity index (χ2v) is 8.20. The van der Waals surface area contributed by atoms with Crippen molar-refractivity contribution >= 4 is 16.8 Å². The second kappa shape index (κ2) is 5.70. The molecule has 4 nitrogen and oxygen atoms in total. The van der Waals surface area contributed by atoms with E-state index in [-0.39, 0.29) is 5.91 Å². The molecule has 0 amide bonds. The lowest BCUT2D eigenvalue weighted by Gasteiger charge is -2.29. The highest BCUT2D eigenvalue weighted by Gasteiger charge is 2.42. The van der Waals surface area contributed by atoms with E-state index in [2.05, 4.69) is 31.0 Å². The molecule has 27 heavy (non-hydrogen) atoms. The molecular formula is C23H24N2O2. The molecule has 0 radical (unpaired) electrons. The normalized spacial score (nSPS) is 22.4. The molecule has 138 valence electrons. The zero-order chi connectivity index (χ0) is 18.8. The monoisotopic (exact) mass is 360 g/mol. The Morgan fingerprint density at radius 3 is 2.70 bits per heavy atom. The fourth-order valence-corrected chi connectivity index (χ4v) is 4.59. The van der Waals surface area contributed by atoms with E-state index in [0.29, 0.717) is 6.61 Å². The van der Waals surface area contributed by atoms with Crippen LogP contribution in [0.1, 0.15) is 34.1 Å². The quantitative estimate of drug-likeness (QED) is 0.659. The first-order valence-corrected chi connectivity index (χ1v) is 9.57. The molecule has 2 aromatic carbocycles. The summed E-state index contributed by atoms with van der Waals surface area (Å²) in [6.45, 7) is 6.30. The number of ether oxygens (including phenoxy) is 1. The lowest BCUT2D eigenvalue weighted by atomic mass is 9.82. The van der Waals surface area contributed by atoms with Gasteiger partial charge in [0.05, 0.1) is 5.52 Å². The Hall–Kier alpha value is -2.59. The summed E-state index contributed by atoms with van der Waals surface area (Å²) in [5, 5.41) is 1.16. The number of carbonyl (C=O) groups is 1. The van der Waals surface area contributed by atoms with Crippen LogP contribution >= 0.6 is 0 Å². The fraction of sp³-hybridized carbons (Fsp3) is 0.348. The standard InChI is InChI=1S/C23H24N2O2/c1-15-11-17-18-13-24(3)10-9-19(18)25-21(17)20(12-15)27-14-23(2,22(25)26)16-7-5-4-6-8-16/h4-8,11-12H,9-10,13-14H2,1-3H3. The number of aromatic nitrogens is 1. The topological polar surface area (TPSA) is 34.5 Å². The Morgan fingerprint density at radius 1 is 1.15 bits per heavy atom. The molecular weight excluding hydrogens is 336 g/mol. The molecule has 1 unspecified atom stereocenters. The highest BCUT2D eigenvalue weighted by atomic mass is 16.5. The molecule has 3 heterocycles. The number of nitrogens with zero attached hydrogens (tertiary/aromatic N) is 2. The van der Waals surface area contributed by atoms with E-state index >= 15 is 0 Å². The molecule has 1 atom stereocenters. The first-order chi connectivity index (χ1) is 13.0. The first kappa shape index (κ1) is 16.6. The Balaban J connectivity index is 1.81. The third-order valence-electron chi connectivity index (χ3n) is 6.15. The summed E-state index contributed by atoms with van der Waals surface area (Å²) < 4.78 is 8.27. The fourth-order valence-electron chi connectivity index (χ4n) is 4.59. The van der Waals surface area contributed by atoms with Crippen molar-refractivity contribution in [1.82, 2.24) is 9.47 Å². The summed E-state index contributed by atoms with van der Waals surface area (Å²) >= 11 is 0. The molecule has 4 heteroatoms. The van der Waals surface area contributed by atoms with Gasteiger partial charge in [-0.1, -0.05) is 30.3 Å². The van der Waals surface area contributed by atoms with E-state index in [0.717, 1.165) is 47.4 Å². The number of hydrogen-bond donors (Lipinski definition) is 0. The molecule has 3 aromatic rings. The Kier molecular flexibility index (Phi) is 3.50. The van der Waals surface area contributed by atoms with E-state index < -0.39 is 5.41 Å². The van der Waals surface area contributed by atoms with E-state index in [1.807, 2.05) is 41.8 Å². The van der Waals surface area contributed by atoms with Crippen molar-refractivity contribution in [3.8, 4) is 5.75 Å². The minimum atomic E-state index is -0.711. The summed E-state index contributed by atoms with van der Waals surface area (Å²) in [4.78, 5) is 16.2. The van der Waals surface area contributed by atoms with Gasteiger partial charge in [-0.05, 0) is 49.7 Å². The van der Waals surface area contributed by atoms with Crippen molar-refractivity contribution in [2.24, 2.45) is 0 Å². The van der Waals surface area contributed by atoms with Crippen LogP contribution in [-0.4, -0.2) is 35.6 Å². The zero-order valence-electron chi connectivity index (χ0n) is 16.1. The molecule has 1 aromatic heterocycles. The molecule has 0 bridgehead atoms. The highest BCUT2D eigenvalue weighted by molar-refractivity contribution is 6.04. The van der Waals surface area contributed by atoms with Crippen molar-refractivity contribution in [2.75, 3.05) is 20.2 Å². The second-order valence-electron chi connectivity index (χ2n) is 8.20. The van der Waals surface area contributed by atoms with Crippen LogP contribution in [0.25, 0.3) is 10.9 Å². The van der Waals surface area contributed by atoms with Crippen LogP contribution in [0, 0.1) is 6.92 Å². The van der Waals surface area contributed by atoms with Crippen LogP contribution < -0.4 is 4.74 Å². The number of likely N-dealkylation sites (N-methyl/N-ethyl adjacent to an activating group) is 1. The Bertz CT molecular complexity index is 1070. The Labute approximate surface area is 159 Å². The predicted octanol–water partition coefficient (Wildman–Crippen LogP) is 3.93. The van der Waals surface area contributed by atoms with Crippen LogP contribution in [0.2, 0.25) is 0 Å². The average Bonchev–Trinajstić information content (AvgIpc) is 2.93. The van der Waals surface area contributed by atoms with Gasteiger partial charge in [0.2, 0.25) is 5.91 Å². The van der Waals surface area contributed by atoms with Crippen molar-refractivity contribution in [1.29, 1.82) is 0 Å². The van der Waals surface area contributed by atoms with Gasteiger partial charge in [-0.3, -0.25) is 9.36 Å². The minimum absolute atomic E-state index is 0.118. The first-order valence-electron chi connectivity index (χ1n) is 9.57. The van der Waals surface area contributed by atoms with Crippen molar-refractivity contribution in [3.05, 3.63) is 64.8 Å². The molecule has 0 aliphatic carbocycles. The number of hydrogen-bond acceptors (Lipinski definition) is 3. The van der Waals surface area contributed by atoms with Gasteiger partial charge in [0.25, 0.3) is 0 Å². The van der Waals surface area contributed by atoms with Gasteiger partial charge in [0.15, 0.2) is 0 Å². The van der Waals surface area contributed by atoms with Gasteiger partial charge < -0.3 is 9.64 Å². The number of carbonyl (C=O) groups excluding carboxylic acids is 1. The summed E-state index contributed by atoms with van der Waals surface area (Å²) in [7, 11) is 2.14. The molecule has 2 aliphatic rings. The van der Waals surface area contributed by atoms with E-state index in [1.54, 1.807) is 0 Å². The van der Waals surface area contributed by atoms with E-state index in [1.165, 1.54) is 11.1 Å². The van der Waals surface area contributed by atoms with Crippen LogP contribution in [0.5, 0.6) is 5.75 Å². The molecule has 2 aliphatic heterocycles. The predicted molar refractivity (Wildman–Crippen MR) is 107 cm³/mol. The van der Waals surface area contributed by atoms with Crippen molar-refractivity contribution < 1.29 is 9.53 Å². The third kappa shape index (κ3) is 2.29. The SMILES string of the molecule is Cc1cc2c3c(c1)c1c(n3C(=O)C(C)(c3ccccc3)CO2)CCN(C)C1. The van der Waals surface area contributed by atoms with E-state index in [4.69, 9.17) is 4.74 Å². The maximum absolute atomic E-state index is 13.9. The molecule has 0 fully saturated rings. The Morgan fingerprint density at radius 2 is 1.93 bits per heavy atom. The summed E-state index contributed by atoms with van der Waals surface area (Å²) in [5.74, 6) is 0.946. The maximum atomic E-state index is 13.9. The molecule has 0 saturated heterocycles. The largest absolute Gasteiger partial charge is 0.490 e. The lowest BCUT2D eigenvalue weighted by molar-refractivity contribution is 0.0766. The number of aryl methyl sites for hydroxylation is 1. The molecule has 0 saturated carbocycles. The smallest absolute Gasteiger partial charge is 0.245 e. The van der Waals surface area contributed by atoms with Crippen LogP contribution in [0.4, 0.5) is 0 Å². The number of benzene rings is 2. The minimum Gasteiger partial charge on any atom is -0.490 e.